The van der Waals surface area contributed by atoms with Gasteiger partial charge in [0.2, 0.25) is 4.96 Å². The zero-order chi connectivity index (χ0) is 20.4. The maximum Gasteiger partial charge on any atom is 0.300 e. The van der Waals surface area contributed by atoms with E-state index in [1.54, 1.807) is 49.6 Å². The quantitative estimate of drug-likeness (QED) is 0.504. The highest BCUT2D eigenvalue weighted by atomic mass is 32.1. The highest BCUT2D eigenvalue weighted by Gasteiger charge is 2.13. The zero-order valence-electron chi connectivity index (χ0n) is 15.8. The molecule has 4 rings (SSSR count). The lowest BCUT2D eigenvalue weighted by Gasteiger charge is -2.09. The SMILES string of the molecule is CCOc1ccc(/C=c2\sc3nc(=O)c(-c4ccccc4)nn3c2=O)cc1OC. The van der Waals surface area contributed by atoms with Gasteiger partial charge in [-0.3, -0.25) is 9.59 Å². The van der Waals surface area contributed by atoms with E-state index in [2.05, 4.69) is 10.1 Å². The van der Waals surface area contributed by atoms with Gasteiger partial charge in [-0.2, -0.15) is 14.6 Å². The summed E-state index contributed by atoms with van der Waals surface area (Å²) in [7, 11) is 1.56. The van der Waals surface area contributed by atoms with E-state index in [9.17, 15) is 9.59 Å². The fraction of sp³-hybridized carbons (Fsp3) is 0.143. The van der Waals surface area contributed by atoms with Gasteiger partial charge in [0.25, 0.3) is 5.56 Å². The van der Waals surface area contributed by atoms with Gasteiger partial charge in [0, 0.05) is 5.56 Å². The minimum absolute atomic E-state index is 0.146. The average Bonchev–Trinajstić information content (AvgIpc) is 3.03. The number of hydrogen-bond donors (Lipinski definition) is 0. The van der Waals surface area contributed by atoms with Crippen molar-refractivity contribution in [2.75, 3.05) is 13.7 Å². The van der Waals surface area contributed by atoms with Crippen molar-refractivity contribution in [1.82, 2.24) is 14.6 Å². The van der Waals surface area contributed by atoms with Crippen LogP contribution in [0.1, 0.15) is 12.5 Å². The molecular formula is C21H17N3O4S. The number of methoxy groups -OCH3 is 1. The minimum atomic E-state index is -0.466. The number of thiazole rings is 1. The van der Waals surface area contributed by atoms with Gasteiger partial charge in [-0.25, -0.2) is 0 Å². The molecule has 146 valence electrons. The van der Waals surface area contributed by atoms with Gasteiger partial charge in [-0.05, 0) is 30.7 Å². The maximum absolute atomic E-state index is 12.8. The molecule has 0 aliphatic heterocycles. The van der Waals surface area contributed by atoms with Gasteiger partial charge >= 0.3 is 5.56 Å². The molecule has 2 aromatic heterocycles. The Morgan fingerprint density at radius 1 is 1.10 bits per heavy atom. The second-order valence-corrected chi connectivity index (χ2v) is 7.09. The molecule has 0 aliphatic carbocycles. The van der Waals surface area contributed by atoms with E-state index in [0.29, 0.717) is 28.2 Å². The van der Waals surface area contributed by atoms with Crippen molar-refractivity contribution in [2.24, 2.45) is 0 Å². The molecule has 0 N–H and O–H groups in total. The third kappa shape index (κ3) is 3.62. The van der Waals surface area contributed by atoms with E-state index < -0.39 is 5.56 Å². The lowest BCUT2D eigenvalue weighted by Crippen LogP contribution is -2.26. The molecule has 0 spiro atoms. The zero-order valence-corrected chi connectivity index (χ0v) is 16.6. The van der Waals surface area contributed by atoms with Gasteiger partial charge < -0.3 is 9.47 Å². The molecule has 0 bridgehead atoms. The lowest BCUT2D eigenvalue weighted by molar-refractivity contribution is 0.311. The maximum atomic E-state index is 12.8. The van der Waals surface area contributed by atoms with Crippen molar-refractivity contribution in [3.05, 3.63) is 79.3 Å². The number of rotatable bonds is 5. The molecule has 8 heteroatoms. The number of ether oxygens (including phenoxy) is 2. The van der Waals surface area contributed by atoms with Gasteiger partial charge in [-0.15, -0.1) is 0 Å². The summed E-state index contributed by atoms with van der Waals surface area (Å²) in [5, 5.41) is 4.25. The fourth-order valence-corrected chi connectivity index (χ4v) is 3.79. The van der Waals surface area contributed by atoms with Crippen molar-refractivity contribution in [2.45, 2.75) is 6.92 Å². The van der Waals surface area contributed by atoms with E-state index in [1.165, 1.54) is 4.52 Å². The molecule has 0 aliphatic rings. The standard InChI is InChI=1S/C21H17N3O4S/c1-3-28-15-10-9-13(11-16(15)27-2)12-17-20(26)24-21(29-17)22-19(25)18(23-24)14-7-5-4-6-8-14/h4-12H,3H2,1-2H3/b17-12-. The molecule has 2 heterocycles. The summed E-state index contributed by atoms with van der Waals surface area (Å²) in [6, 6.07) is 14.4. The molecule has 0 atom stereocenters. The highest BCUT2D eigenvalue weighted by Crippen LogP contribution is 2.28. The average molecular weight is 407 g/mol. The number of hydrogen-bond acceptors (Lipinski definition) is 7. The van der Waals surface area contributed by atoms with Crippen molar-refractivity contribution < 1.29 is 9.47 Å². The normalized spacial score (nSPS) is 11.7. The minimum Gasteiger partial charge on any atom is -0.493 e. The lowest BCUT2D eigenvalue weighted by atomic mass is 10.2. The molecule has 0 radical (unpaired) electrons. The van der Waals surface area contributed by atoms with Crippen LogP contribution in [0.4, 0.5) is 0 Å². The predicted octanol–water partition coefficient (Wildman–Crippen LogP) is 2.13. The third-order valence-corrected chi connectivity index (χ3v) is 5.18. The molecule has 7 nitrogen and oxygen atoms in total. The predicted molar refractivity (Wildman–Crippen MR) is 112 cm³/mol. The van der Waals surface area contributed by atoms with E-state index >= 15 is 0 Å². The largest absolute Gasteiger partial charge is 0.493 e. The monoisotopic (exact) mass is 407 g/mol. The van der Waals surface area contributed by atoms with Gasteiger partial charge in [0.1, 0.15) is 0 Å². The first kappa shape index (κ1) is 18.8. The Labute approximate surface area is 169 Å². The molecule has 0 amide bonds. The Morgan fingerprint density at radius 3 is 2.62 bits per heavy atom. The topological polar surface area (TPSA) is 82.8 Å². The molecule has 0 unspecified atom stereocenters. The van der Waals surface area contributed by atoms with Gasteiger partial charge in [-0.1, -0.05) is 47.7 Å². The van der Waals surface area contributed by atoms with E-state index in [-0.39, 0.29) is 16.2 Å². The van der Waals surface area contributed by atoms with Crippen LogP contribution in [0, 0.1) is 0 Å². The summed E-state index contributed by atoms with van der Waals surface area (Å²) in [4.78, 5) is 29.5. The van der Waals surface area contributed by atoms with Crippen LogP contribution in [0.15, 0.2) is 58.1 Å². The van der Waals surface area contributed by atoms with Gasteiger partial charge in [0.05, 0.1) is 18.2 Å². The van der Waals surface area contributed by atoms with Crippen LogP contribution in [0.5, 0.6) is 11.5 Å². The molecule has 0 fully saturated rings. The van der Waals surface area contributed by atoms with Crippen molar-refractivity contribution >= 4 is 22.4 Å². The number of nitrogens with zero attached hydrogens (tertiary/aromatic N) is 3. The van der Waals surface area contributed by atoms with Crippen molar-refractivity contribution in [3.8, 4) is 22.8 Å². The van der Waals surface area contributed by atoms with Gasteiger partial charge in [0.15, 0.2) is 17.2 Å². The second-order valence-electron chi connectivity index (χ2n) is 6.09. The highest BCUT2D eigenvalue weighted by molar-refractivity contribution is 7.15. The van der Waals surface area contributed by atoms with Crippen LogP contribution in [0.3, 0.4) is 0 Å². The van der Waals surface area contributed by atoms with Crippen LogP contribution in [-0.4, -0.2) is 28.3 Å². The Morgan fingerprint density at radius 2 is 1.90 bits per heavy atom. The summed E-state index contributed by atoms with van der Waals surface area (Å²) in [5.41, 5.74) is 0.730. The first-order valence-electron chi connectivity index (χ1n) is 8.92. The number of fused-ring (bicyclic) bond motifs is 1. The van der Waals surface area contributed by atoms with Crippen LogP contribution in [0.25, 0.3) is 22.3 Å². The van der Waals surface area contributed by atoms with E-state index in [4.69, 9.17) is 9.47 Å². The van der Waals surface area contributed by atoms with Crippen LogP contribution in [0.2, 0.25) is 0 Å². The molecule has 29 heavy (non-hydrogen) atoms. The molecule has 2 aromatic carbocycles. The molecule has 0 saturated heterocycles. The summed E-state index contributed by atoms with van der Waals surface area (Å²) in [6.45, 7) is 2.42. The Hall–Kier alpha value is -3.52. The summed E-state index contributed by atoms with van der Waals surface area (Å²) in [5.74, 6) is 1.21. The smallest absolute Gasteiger partial charge is 0.300 e. The van der Waals surface area contributed by atoms with E-state index in [1.807, 2.05) is 19.1 Å². The third-order valence-electron chi connectivity index (χ3n) is 4.22. The van der Waals surface area contributed by atoms with Crippen molar-refractivity contribution in [3.63, 3.8) is 0 Å². The van der Waals surface area contributed by atoms with Crippen LogP contribution >= 0.6 is 11.3 Å². The summed E-state index contributed by atoms with van der Waals surface area (Å²) >= 11 is 1.11. The summed E-state index contributed by atoms with van der Waals surface area (Å²) in [6.07, 6.45) is 1.72. The fourth-order valence-electron chi connectivity index (χ4n) is 2.89. The van der Waals surface area contributed by atoms with Crippen LogP contribution < -0.4 is 25.1 Å². The first-order chi connectivity index (χ1) is 14.1. The number of aromatic nitrogens is 3. The number of benzene rings is 2. The van der Waals surface area contributed by atoms with E-state index in [0.717, 1.165) is 16.9 Å². The van der Waals surface area contributed by atoms with Crippen LogP contribution in [-0.2, 0) is 0 Å². The Bertz CT molecular complexity index is 1350. The molecule has 0 saturated carbocycles. The second kappa shape index (κ2) is 7.84. The molecular weight excluding hydrogens is 390 g/mol. The Kier molecular flexibility index (Phi) is 5.09. The molecule has 4 aromatic rings. The first-order valence-corrected chi connectivity index (χ1v) is 9.74. The summed E-state index contributed by atoms with van der Waals surface area (Å²) < 4.78 is 12.5. The Balaban J connectivity index is 1.84. The van der Waals surface area contributed by atoms with Crippen molar-refractivity contribution in [1.29, 1.82) is 0 Å².